The number of carbonyl (C=O) groups excluding carboxylic acids is 1. The molecule has 2 unspecified atom stereocenters. The van der Waals surface area contributed by atoms with E-state index in [0.717, 1.165) is 5.69 Å². The third kappa shape index (κ3) is 4.39. The van der Waals surface area contributed by atoms with Gasteiger partial charge < -0.3 is 10.2 Å². The van der Waals surface area contributed by atoms with Crippen LogP contribution in [-0.4, -0.2) is 27.1 Å². The summed E-state index contributed by atoms with van der Waals surface area (Å²) < 4.78 is -0.164. The topological polar surface area (TPSA) is 32.3 Å². The number of nitrogens with zero attached hydrogens (tertiary/aromatic N) is 1. The third-order valence-corrected chi connectivity index (χ3v) is 6.91. The van der Waals surface area contributed by atoms with Gasteiger partial charge in [-0.1, -0.05) is 55.2 Å². The van der Waals surface area contributed by atoms with Crippen LogP contribution in [-0.2, 0) is 0 Å². The molecule has 0 spiro atoms. The lowest BCUT2D eigenvalue weighted by Crippen LogP contribution is -2.51. The lowest BCUT2D eigenvalue weighted by atomic mass is 10.0. The summed E-state index contributed by atoms with van der Waals surface area (Å²) >= 11 is 14.1. The smallest absolute Gasteiger partial charge is 0.256 e. The number of hydrogen-bond donors (Lipinski definition) is 1. The first-order valence-electron chi connectivity index (χ1n) is 8.97. The van der Waals surface area contributed by atoms with E-state index in [9.17, 15) is 4.79 Å². The lowest BCUT2D eigenvalue weighted by molar-refractivity contribution is 0.0650. The molecule has 3 nitrogen and oxygen atoms in total. The van der Waals surface area contributed by atoms with Crippen molar-refractivity contribution in [2.75, 3.05) is 5.32 Å². The van der Waals surface area contributed by atoms with E-state index in [2.05, 4.69) is 33.0 Å². The average molecular weight is 423 g/mol. The Balaban J connectivity index is 2.01. The molecule has 1 N–H and O–H groups in total. The molecule has 0 aliphatic carbocycles. The van der Waals surface area contributed by atoms with Crippen molar-refractivity contribution >= 4 is 46.6 Å². The van der Waals surface area contributed by atoms with Gasteiger partial charge in [-0.05, 0) is 50.1 Å². The largest absolute Gasteiger partial charge is 0.364 e. The van der Waals surface area contributed by atoms with E-state index in [4.69, 9.17) is 23.2 Å². The molecule has 3 rings (SSSR count). The van der Waals surface area contributed by atoms with Crippen LogP contribution in [0.15, 0.2) is 48.5 Å². The minimum atomic E-state index is -0.164. The van der Waals surface area contributed by atoms with Crippen molar-refractivity contribution in [3.63, 3.8) is 0 Å². The van der Waals surface area contributed by atoms with Gasteiger partial charge in [-0.15, -0.1) is 11.8 Å². The maximum atomic E-state index is 13.5. The van der Waals surface area contributed by atoms with Crippen LogP contribution < -0.4 is 5.32 Å². The number of para-hydroxylation sites is 1. The van der Waals surface area contributed by atoms with Crippen molar-refractivity contribution in [2.45, 2.75) is 44.0 Å². The Labute approximate surface area is 175 Å². The molecule has 1 aliphatic heterocycles. The maximum absolute atomic E-state index is 13.5. The number of rotatable bonds is 4. The molecule has 1 saturated heterocycles. The molecule has 0 saturated carbocycles. The van der Waals surface area contributed by atoms with Gasteiger partial charge in [0.2, 0.25) is 0 Å². The molecule has 0 aromatic heterocycles. The number of benzene rings is 2. The van der Waals surface area contributed by atoms with Crippen molar-refractivity contribution < 1.29 is 4.79 Å². The van der Waals surface area contributed by atoms with Gasteiger partial charge in [-0.2, -0.15) is 0 Å². The summed E-state index contributed by atoms with van der Waals surface area (Å²) in [5.41, 5.74) is 1.50. The minimum absolute atomic E-state index is 0.0477. The average Bonchev–Trinajstić information content (AvgIpc) is 2.86. The molecule has 1 fully saturated rings. The predicted molar refractivity (Wildman–Crippen MR) is 117 cm³/mol. The third-order valence-electron chi connectivity index (χ3n) is 4.63. The van der Waals surface area contributed by atoms with Gasteiger partial charge >= 0.3 is 0 Å². The molecular formula is C21H24Cl2N2OS. The SMILES string of the molecule is CC(C)C1SC(C)(C)C(Nc2ccccc2)N1C(=O)c1cc(Cl)cc(Cl)c1. The zero-order valence-corrected chi connectivity index (χ0v) is 18.2. The fraction of sp³-hybridized carbons (Fsp3) is 0.381. The van der Waals surface area contributed by atoms with Crippen molar-refractivity contribution in [3.8, 4) is 0 Å². The Bertz CT molecular complexity index is 806. The van der Waals surface area contributed by atoms with E-state index in [-0.39, 0.29) is 22.2 Å². The summed E-state index contributed by atoms with van der Waals surface area (Å²) in [5, 5.41) is 4.54. The second-order valence-electron chi connectivity index (χ2n) is 7.64. The van der Waals surface area contributed by atoms with Crippen molar-refractivity contribution in [3.05, 3.63) is 64.1 Å². The van der Waals surface area contributed by atoms with Crippen LogP contribution in [0.1, 0.15) is 38.1 Å². The Morgan fingerprint density at radius 3 is 2.26 bits per heavy atom. The molecule has 1 aliphatic rings. The highest BCUT2D eigenvalue weighted by Gasteiger charge is 2.50. The quantitative estimate of drug-likeness (QED) is 0.619. The highest BCUT2D eigenvalue weighted by atomic mass is 35.5. The zero-order valence-electron chi connectivity index (χ0n) is 15.9. The number of carbonyl (C=O) groups is 1. The number of halogens is 2. The number of hydrogen-bond acceptors (Lipinski definition) is 3. The fourth-order valence-corrected chi connectivity index (χ4v) is 5.42. The van der Waals surface area contributed by atoms with Crippen LogP contribution in [0.3, 0.4) is 0 Å². The summed E-state index contributed by atoms with van der Waals surface area (Å²) in [4.78, 5) is 15.5. The van der Waals surface area contributed by atoms with E-state index < -0.39 is 0 Å². The molecule has 0 bridgehead atoms. The van der Waals surface area contributed by atoms with Crippen molar-refractivity contribution in [1.29, 1.82) is 0 Å². The second kappa shape index (κ2) is 7.94. The molecule has 6 heteroatoms. The van der Waals surface area contributed by atoms with E-state index in [1.54, 1.807) is 18.2 Å². The Morgan fingerprint density at radius 2 is 1.70 bits per heavy atom. The molecule has 2 aromatic rings. The number of anilines is 1. The minimum Gasteiger partial charge on any atom is -0.364 e. The summed E-state index contributed by atoms with van der Waals surface area (Å²) in [6.07, 6.45) is -0.164. The fourth-order valence-electron chi connectivity index (χ4n) is 3.37. The molecule has 27 heavy (non-hydrogen) atoms. The van der Waals surface area contributed by atoms with Crippen LogP contribution >= 0.6 is 35.0 Å². The predicted octanol–water partition coefficient (Wildman–Crippen LogP) is 6.38. The van der Waals surface area contributed by atoms with E-state index in [1.807, 2.05) is 47.0 Å². The molecule has 2 aromatic carbocycles. The Kier molecular flexibility index (Phi) is 5.99. The van der Waals surface area contributed by atoms with Gasteiger partial charge in [0.25, 0.3) is 5.91 Å². The number of thioether (sulfide) groups is 1. The Morgan fingerprint density at radius 1 is 1.11 bits per heavy atom. The molecule has 144 valence electrons. The summed E-state index contributed by atoms with van der Waals surface area (Å²) in [5.74, 6) is 0.236. The van der Waals surface area contributed by atoms with Crippen LogP contribution in [0.25, 0.3) is 0 Å². The Hall–Kier alpha value is -1.36. The van der Waals surface area contributed by atoms with Gasteiger partial charge in [0.05, 0.1) is 10.1 Å². The van der Waals surface area contributed by atoms with Crippen LogP contribution in [0.5, 0.6) is 0 Å². The van der Waals surface area contributed by atoms with Crippen LogP contribution in [0.4, 0.5) is 5.69 Å². The number of nitrogens with one attached hydrogen (secondary N) is 1. The van der Waals surface area contributed by atoms with Crippen LogP contribution in [0.2, 0.25) is 10.0 Å². The summed E-state index contributed by atoms with van der Waals surface area (Å²) in [6, 6.07) is 15.0. The van der Waals surface area contributed by atoms with Crippen molar-refractivity contribution in [2.24, 2.45) is 5.92 Å². The monoisotopic (exact) mass is 422 g/mol. The van der Waals surface area contributed by atoms with Crippen LogP contribution in [0, 0.1) is 5.92 Å². The van der Waals surface area contributed by atoms with Gasteiger partial charge in [0.1, 0.15) is 6.17 Å². The first-order valence-corrected chi connectivity index (χ1v) is 10.6. The molecular weight excluding hydrogens is 399 g/mol. The molecule has 1 amide bonds. The second-order valence-corrected chi connectivity index (χ2v) is 10.3. The van der Waals surface area contributed by atoms with Gasteiger partial charge in [0.15, 0.2) is 0 Å². The summed E-state index contributed by atoms with van der Waals surface area (Å²) in [6.45, 7) is 8.63. The number of amides is 1. The highest BCUT2D eigenvalue weighted by molar-refractivity contribution is 8.01. The summed E-state index contributed by atoms with van der Waals surface area (Å²) in [7, 11) is 0. The molecule has 0 radical (unpaired) electrons. The van der Waals surface area contributed by atoms with Crippen molar-refractivity contribution in [1.82, 2.24) is 4.90 Å². The van der Waals surface area contributed by atoms with E-state index in [0.29, 0.717) is 21.5 Å². The molecule has 2 atom stereocenters. The highest BCUT2D eigenvalue weighted by Crippen LogP contribution is 2.47. The van der Waals surface area contributed by atoms with Gasteiger partial charge in [-0.25, -0.2) is 0 Å². The van der Waals surface area contributed by atoms with E-state index >= 15 is 0 Å². The normalized spacial score (nSPS) is 21.5. The molecule has 1 heterocycles. The lowest BCUT2D eigenvalue weighted by Gasteiger charge is -2.35. The first-order chi connectivity index (χ1) is 12.7. The van der Waals surface area contributed by atoms with Gasteiger partial charge in [0, 0.05) is 21.3 Å². The van der Waals surface area contributed by atoms with Gasteiger partial charge in [-0.3, -0.25) is 4.79 Å². The first kappa shape index (κ1) is 20.4. The standard InChI is InChI=1S/C21H24Cl2N2OS/c1-13(2)19-25(18(26)14-10-15(22)12-16(23)11-14)20(21(3,4)27-19)24-17-8-6-5-7-9-17/h5-13,19-20,24H,1-4H3. The zero-order chi connectivity index (χ0) is 19.8. The van der Waals surface area contributed by atoms with E-state index in [1.165, 1.54) is 0 Å². The maximum Gasteiger partial charge on any atom is 0.256 e.